The second-order valence-electron chi connectivity index (χ2n) is 12.9. The second-order valence-corrected chi connectivity index (χ2v) is 12.9. The average Bonchev–Trinajstić information content (AvgIpc) is 3.48. The van der Waals surface area contributed by atoms with Gasteiger partial charge < -0.3 is 19.1 Å². The number of carboxylic acid groups (broad SMARTS) is 1. The minimum absolute atomic E-state index is 0.0730. The molecule has 2 aliphatic heterocycles. The van der Waals surface area contributed by atoms with E-state index >= 15 is 0 Å². The number of para-hydroxylation sites is 1. The van der Waals surface area contributed by atoms with Crippen LogP contribution in [0.4, 0.5) is 0 Å². The molecule has 7 heteroatoms. The zero-order valence-electron chi connectivity index (χ0n) is 25.0. The van der Waals surface area contributed by atoms with Gasteiger partial charge in [0.15, 0.2) is 0 Å². The molecule has 0 radical (unpaired) electrons. The van der Waals surface area contributed by atoms with Crippen LogP contribution in [0.3, 0.4) is 0 Å². The Bertz CT molecular complexity index is 1680. The first-order valence-electron chi connectivity index (χ1n) is 15.9. The molecule has 7 nitrogen and oxygen atoms in total. The van der Waals surface area contributed by atoms with Crippen molar-refractivity contribution in [2.75, 3.05) is 27.2 Å². The maximum Gasteiger partial charge on any atom is 0.335 e. The van der Waals surface area contributed by atoms with E-state index in [0.717, 1.165) is 74.3 Å². The molecule has 7 rings (SSSR count). The molecule has 4 heterocycles. The monoisotopic (exact) mass is 566 g/mol. The van der Waals surface area contributed by atoms with Gasteiger partial charge in [0.2, 0.25) is 0 Å². The van der Waals surface area contributed by atoms with Crippen molar-refractivity contribution in [3.8, 4) is 11.3 Å². The first-order valence-corrected chi connectivity index (χ1v) is 15.9. The summed E-state index contributed by atoms with van der Waals surface area (Å²) < 4.78 is 4.75. The summed E-state index contributed by atoms with van der Waals surface area (Å²) in [5.74, 6) is -0.367. The molecule has 3 aliphatic rings. The van der Waals surface area contributed by atoms with Crippen molar-refractivity contribution in [2.45, 2.75) is 83.3 Å². The minimum Gasteiger partial charge on any atom is -0.478 e. The maximum atomic E-state index is 13.9. The zero-order chi connectivity index (χ0) is 29.0. The van der Waals surface area contributed by atoms with E-state index in [1.165, 1.54) is 66.1 Å². The van der Waals surface area contributed by atoms with Crippen molar-refractivity contribution >= 4 is 33.7 Å². The normalized spacial score (nSPS) is 18.1. The second kappa shape index (κ2) is 10.9. The molecule has 0 atom stereocenters. The highest BCUT2D eigenvalue weighted by Crippen LogP contribution is 2.47. The van der Waals surface area contributed by atoms with Gasteiger partial charge in [0.25, 0.3) is 5.91 Å². The number of piperidine rings is 1. The van der Waals surface area contributed by atoms with Crippen LogP contribution in [0.1, 0.15) is 95.7 Å². The van der Waals surface area contributed by atoms with Crippen LogP contribution in [-0.4, -0.2) is 63.1 Å². The van der Waals surface area contributed by atoms with Gasteiger partial charge >= 0.3 is 5.97 Å². The minimum atomic E-state index is -0.886. The Labute approximate surface area is 247 Å². The summed E-state index contributed by atoms with van der Waals surface area (Å²) in [4.78, 5) is 30.2. The van der Waals surface area contributed by atoms with Crippen LogP contribution in [0.2, 0.25) is 0 Å². The lowest BCUT2D eigenvalue weighted by Crippen LogP contribution is -2.31. The van der Waals surface area contributed by atoms with E-state index in [-0.39, 0.29) is 5.91 Å². The largest absolute Gasteiger partial charge is 0.478 e. The van der Waals surface area contributed by atoms with Crippen molar-refractivity contribution in [1.82, 2.24) is 18.9 Å². The summed E-state index contributed by atoms with van der Waals surface area (Å²) in [5, 5.41) is 12.2. The number of aromatic carboxylic acids is 1. The molecule has 1 N–H and O–H groups in total. The summed E-state index contributed by atoms with van der Waals surface area (Å²) >= 11 is 0. The molecule has 42 heavy (non-hydrogen) atoms. The molecule has 2 aromatic carbocycles. The number of aromatic nitrogens is 2. The number of carbonyl (C=O) groups excluding carboxylic acids is 1. The lowest BCUT2D eigenvalue weighted by atomic mass is 9.81. The third-order valence-corrected chi connectivity index (χ3v) is 10.0. The van der Waals surface area contributed by atoms with Gasteiger partial charge in [0.05, 0.1) is 16.8 Å². The fourth-order valence-electron chi connectivity index (χ4n) is 8.08. The number of nitrogens with zero attached hydrogens (tertiary/aromatic N) is 4. The number of hydrogen-bond acceptors (Lipinski definition) is 3. The number of amides is 1. The van der Waals surface area contributed by atoms with Gasteiger partial charge in [-0.25, -0.2) is 4.79 Å². The number of aryl methyl sites for hydroxylation is 2. The van der Waals surface area contributed by atoms with Crippen molar-refractivity contribution in [3.05, 3.63) is 58.8 Å². The molecule has 2 aromatic heterocycles. The van der Waals surface area contributed by atoms with Gasteiger partial charge in [0.1, 0.15) is 5.69 Å². The number of carboxylic acids is 1. The fraction of sp³-hybridized carbons (Fsp3) is 0.486. The number of rotatable bonds is 5. The highest BCUT2D eigenvalue weighted by molar-refractivity contribution is 6.08. The number of likely N-dealkylation sites (tertiary alicyclic amines) is 1. The van der Waals surface area contributed by atoms with Crippen LogP contribution >= 0.6 is 0 Å². The Morgan fingerprint density at radius 1 is 0.857 bits per heavy atom. The Morgan fingerprint density at radius 3 is 2.33 bits per heavy atom. The van der Waals surface area contributed by atoms with E-state index in [1.54, 1.807) is 11.0 Å². The zero-order valence-corrected chi connectivity index (χ0v) is 25.0. The molecule has 1 saturated carbocycles. The Balaban J connectivity index is 1.53. The quantitative estimate of drug-likeness (QED) is 0.280. The van der Waals surface area contributed by atoms with Crippen molar-refractivity contribution < 1.29 is 14.7 Å². The summed E-state index contributed by atoms with van der Waals surface area (Å²) in [6, 6.07) is 12.4. The molecule has 0 bridgehead atoms. The fourth-order valence-corrected chi connectivity index (χ4v) is 8.08. The predicted octanol–water partition coefficient (Wildman–Crippen LogP) is 7.10. The van der Waals surface area contributed by atoms with Gasteiger partial charge in [-0.15, -0.1) is 0 Å². The molecular weight excluding hydrogens is 524 g/mol. The standard InChI is InChI=1S/C35H42N4O3/c1-36(2)34(40)33-28(22-37-17-7-4-8-18-37)25-13-9-14-27-31(25)39(33)20-10-19-38-29-21-24(35(41)42)15-16-26(29)30(32(27)38)23-11-5-3-6-12-23/h9,13-16,21,23H,3-8,10-12,17-20,22H2,1-2H3,(H,41,42). The van der Waals surface area contributed by atoms with Crippen molar-refractivity contribution in [1.29, 1.82) is 0 Å². The maximum absolute atomic E-state index is 13.9. The van der Waals surface area contributed by atoms with Gasteiger partial charge in [-0.05, 0) is 68.8 Å². The molecule has 0 unspecified atom stereocenters. The lowest BCUT2D eigenvalue weighted by molar-refractivity contribution is 0.0696. The summed E-state index contributed by atoms with van der Waals surface area (Å²) in [7, 11) is 3.72. The third kappa shape index (κ3) is 4.44. The molecule has 2 fully saturated rings. The van der Waals surface area contributed by atoms with E-state index in [1.807, 2.05) is 20.2 Å². The highest BCUT2D eigenvalue weighted by Gasteiger charge is 2.32. The Kier molecular flexibility index (Phi) is 7.09. The van der Waals surface area contributed by atoms with E-state index in [9.17, 15) is 14.7 Å². The first kappa shape index (κ1) is 27.3. The smallest absolute Gasteiger partial charge is 0.335 e. The third-order valence-electron chi connectivity index (χ3n) is 10.0. The number of hydrogen-bond donors (Lipinski definition) is 1. The van der Waals surface area contributed by atoms with Crippen LogP contribution in [0.5, 0.6) is 0 Å². The number of fused-ring (bicyclic) bond motifs is 4. The summed E-state index contributed by atoms with van der Waals surface area (Å²) in [6.07, 6.45) is 10.6. The molecular formula is C35H42N4O3. The van der Waals surface area contributed by atoms with E-state index in [0.29, 0.717) is 11.5 Å². The van der Waals surface area contributed by atoms with Crippen molar-refractivity contribution in [2.24, 2.45) is 0 Å². The molecule has 1 aliphatic carbocycles. The number of benzene rings is 2. The van der Waals surface area contributed by atoms with Crippen LogP contribution in [0.15, 0.2) is 36.4 Å². The van der Waals surface area contributed by atoms with Crippen LogP contribution in [0, 0.1) is 0 Å². The predicted molar refractivity (Wildman–Crippen MR) is 167 cm³/mol. The van der Waals surface area contributed by atoms with Crippen LogP contribution < -0.4 is 0 Å². The van der Waals surface area contributed by atoms with E-state index in [4.69, 9.17) is 0 Å². The highest BCUT2D eigenvalue weighted by atomic mass is 16.4. The van der Waals surface area contributed by atoms with Crippen molar-refractivity contribution in [3.63, 3.8) is 0 Å². The van der Waals surface area contributed by atoms with Gasteiger partial charge in [-0.1, -0.05) is 49.9 Å². The molecule has 4 aromatic rings. The number of carbonyl (C=O) groups is 2. The average molecular weight is 567 g/mol. The first-order chi connectivity index (χ1) is 20.4. The molecule has 1 amide bonds. The molecule has 220 valence electrons. The van der Waals surface area contributed by atoms with Crippen LogP contribution in [0.25, 0.3) is 33.1 Å². The SMILES string of the molecule is CN(C)C(=O)c1c(CN2CCCCC2)c2cccc3c2n1CCCn1c-3c(C2CCCCC2)c2ccc(C(=O)O)cc21. The summed E-state index contributed by atoms with van der Waals surface area (Å²) in [6.45, 7) is 4.48. The topological polar surface area (TPSA) is 70.7 Å². The Hall–Kier alpha value is -3.58. The van der Waals surface area contributed by atoms with Gasteiger partial charge in [-0.3, -0.25) is 9.69 Å². The van der Waals surface area contributed by atoms with Crippen LogP contribution in [-0.2, 0) is 19.6 Å². The summed E-state index contributed by atoms with van der Waals surface area (Å²) in [5.41, 5.74) is 8.31. The van der Waals surface area contributed by atoms with Gasteiger partial charge in [0, 0.05) is 61.1 Å². The van der Waals surface area contributed by atoms with E-state index < -0.39 is 5.97 Å². The molecule has 1 saturated heterocycles. The van der Waals surface area contributed by atoms with Gasteiger partial charge in [-0.2, -0.15) is 0 Å². The molecule has 0 spiro atoms. The lowest BCUT2D eigenvalue weighted by Gasteiger charge is -2.27. The van der Waals surface area contributed by atoms with E-state index in [2.05, 4.69) is 38.3 Å². The Morgan fingerprint density at radius 2 is 1.60 bits per heavy atom.